The second-order valence-corrected chi connectivity index (χ2v) is 5.36. The second-order valence-electron chi connectivity index (χ2n) is 5.36. The lowest BCUT2D eigenvalue weighted by atomic mass is 9.98. The first kappa shape index (κ1) is 14.3. The number of aliphatic imine (C=N–C) groups is 1. The van der Waals surface area contributed by atoms with Crippen molar-refractivity contribution in [3.8, 4) is 0 Å². The van der Waals surface area contributed by atoms with E-state index in [0.717, 1.165) is 12.2 Å². The largest absolute Gasteiger partial charge is 0.348 e. The van der Waals surface area contributed by atoms with Gasteiger partial charge in [-0.25, -0.2) is 0 Å². The molecule has 0 radical (unpaired) electrons. The SMILES string of the molecule is CCN1C=C/C(=C\C=Nc2ccccc2)c2cc(C)ccc21. The quantitative estimate of drug-likeness (QED) is 0.714. The minimum absolute atomic E-state index is 0.970. The first-order chi connectivity index (χ1) is 10.8. The molecule has 0 fully saturated rings. The van der Waals surface area contributed by atoms with Crippen LogP contribution in [-0.4, -0.2) is 12.8 Å². The van der Waals surface area contributed by atoms with Gasteiger partial charge in [-0.1, -0.05) is 29.8 Å². The maximum atomic E-state index is 4.49. The van der Waals surface area contributed by atoms with E-state index in [0.29, 0.717) is 0 Å². The lowest BCUT2D eigenvalue weighted by Gasteiger charge is -2.26. The Morgan fingerprint density at radius 3 is 2.68 bits per heavy atom. The summed E-state index contributed by atoms with van der Waals surface area (Å²) in [6.45, 7) is 5.27. The van der Waals surface area contributed by atoms with E-state index in [2.05, 4.69) is 60.3 Å². The molecule has 1 heterocycles. The molecule has 0 aromatic heterocycles. The maximum Gasteiger partial charge on any atom is 0.0629 e. The van der Waals surface area contributed by atoms with Gasteiger partial charge in [-0.15, -0.1) is 0 Å². The van der Waals surface area contributed by atoms with Gasteiger partial charge in [0.25, 0.3) is 0 Å². The number of hydrogen-bond acceptors (Lipinski definition) is 2. The predicted molar refractivity (Wildman–Crippen MR) is 95.9 cm³/mol. The fraction of sp³-hybridized carbons (Fsp3) is 0.150. The van der Waals surface area contributed by atoms with Gasteiger partial charge in [0.1, 0.15) is 0 Å². The van der Waals surface area contributed by atoms with Crippen molar-refractivity contribution in [3.05, 3.63) is 78.0 Å². The molecule has 0 atom stereocenters. The number of anilines is 1. The summed E-state index contributed by atoms with van der Waals surface area (Å²) in [5, 5.41) is 0. The minimum Gasteiger partial charge on any atom is -0.348 e. The summed E-state index contributed by atoms with van der Waals surface area (Å²) in [7, 11) is 0. The monoisotopic (exact) mass is 288 g/mol. The van der Waals surface area contributed by atoms with E-state index in [-0.39, 0.29) is 0 Å². The molecule has 0 N–H and O–H groups in total. The van der Waals surface area contributed by atoms with Gasteiger partial charge in [-0.2, -0.15) is 0 Å². The molecule has 0 aliphatic carbocycles. The normalized spacial score (nSPS) is 15.5. The zero-order valence-corrected chi connectivity index (χ0v) is 13.0. The highest BCUT2D eigenvalue weighted by Gasteiger charge is 2.14. The number of nitrogens with zero attached hydrogens (tertiary/aromatic N) is 2. The minimum atomic E-state index is 0.970. The fourth-order valence-electron chi connectivity index (χ4n) is 2.61. The maximum absolute atomic E-state index is 4.49. The van der Waals surface area contributed by atoms with Crippen LogP contribution < -0.4 is 4.90 Å². The van der Waals surface area contributed by atoms with Gasteiger partial charge >= 0.3 is 0 Å². The van der Waals surface area contributed by atoms with Crippen molar-refractivity contribution in [3.63, 3.8) is 0 Å². The molecule has 3 rings (SSSR count). The van der Waals surface area contributed by atoms with Crippen molar-refractivity contribution in [1.82, 2.24) is 0 Å². The molecule has 0 saturated heterocycles. The smallest absolute Gasteiger partial charge is 0.0629 e. The van der Waals surface area contributed by atoms with Crippen LogP contribution in [0.1, 0.15) is 18.1 Å². The Labute approximate surface area is 132 Å². The number of fused-ring (bicyclic) bond motifs is 1. The first-order valence-electron chi connectivity index (χ1n) is 7.63. The molecular formula is C20H20N2. The van der Waals surface area contributed by atoms with Crippen molar-refractivity contribution in [2.75, 3.05) is 11.4 Å². The molecular weight excluding hydrogens is 268 g/mol. The van der Waals surface area contributed by atoms with Gasteiger partial charge in [-0.05, 0) is 55.8 Å². The standard InChI is InChI=1S/C20H20N2/c1-3-22-14-12-17(19-15-16(2)9-10-20(19)22)11-13-21-18-7-5-4-6-8-18/h4-15H,3H2,1-2H3/b17-11+,21-13?. The third-order valence-electron chi connectivity index (χ3n) is 3.78. The van der Waals surface area contributed by atoms with E-state index in [1.54, 1.807) is 0 Å². The van der Waals surface area contributed by atoms with Gasteiger partial charge in [0.2, 0.25) is 0 Å². The average molecular weight is 288 g/mol. The van der Waals surface area contributed by atoms with Crippen molar-refractivity contribution < 1.29 is 0 Å². The summed E-state index contributed by atoms with van der Waals surface area (Å²) in [6.07, 6.45) is 8.25. The van der Waals surface area contributed by atoms with Crippen LogP contribution in [-0.2, 0) is 0 Å². The Bertz CT molecular complexity index is 740. The van der Waals surface area contributed by atoms with Gasteiger partial charge in [0.15, 0.2) is 0 Å². The van der Waals surface area contributed by atoms with Gasteiger partial charge in [0, 0.05) is 30.2 Å². The molecule has 1 aliphatic heterocycles. The number of benzene rings is 2. The van der Waals surface area contributed by atoms with E-state index < -0.39 is 0 Å². The lowest BCUT2D eigenvalue weighted by molar-refractivity contribution is 1.01. The van der Waals surface area contributed by atoms with E-state index in [1.165, 1.54) is 22.4 Å². The van der Waals surface area contributed by atoms with Crippen LogP contribution in [0.25, 0.3) is 5.57 Å². The predicted octanol–water partition coefficient (Wildman–Crippen LogP) is 5.13. The Morgan fingerprint density at radius 1 is 1.09 bits per heavy atom. The lowest BCUT2D eigenvalue weighted by Crippen LogP contribution is -2.19. The molecule has 0 amide bonds. The van der Waals surface area contributed by atoms with Crippen LogP contribution in [0.3, 0.4) is 0 Å². The summed E-state index contributed by atoms with van der Waals surface area (Å²) < 4.78 is 0. The number of rotatable bonds is 3. The summed E-state index contributed by atoms with van der Waals surface area (Å²) in [6, 6.07) is 16.6. The summed E-state index contributed by atoms with van der Waals surface area (Å²) in [5.41, 5.74) is 5.97. The van der Waals surface area contributed by atoms with Crippen molar-refractivity contribution in [1.29, 1.82) is 0 Å². The Morgan fingerprint density at radius 2 is 1.91 bits per heavy atom. The van der Waals surface area contributed by atoms with E-state index in [1.807, 2.05) is 36.5 Å². The zero-order chi connectivity index (χ0) is 15.4. The van der Waals surface area contributed by atoms with Crippen LogP contribution in [0, 0.1) is 6.92 Å². The van der Waals surface area contributed by atoms with Crippen molar-refractivity contribution in [2.45, 2.75) is 13.8 Å². The number of hydrogen-bond donors (Lipinski definition) is 0. The van der Waals surface area contributed by atoms with Gasteiger partial charge < -0.3 is 4.90 Å². The van der Waals surface area contributed by atoms with Crippen LogP contribution in [0.4, 0.5) is 11.4 Å². The Kier molecular flexibility index (Phi) is 4.19. The Hall–Kier alpha value is -2.61. The number of para-hydroxylation sites is 1. The molecule has 2 nitrogen and oxygen atoms in total. The van der Waals surface area contributed by atoms with E-state index in [9.17, 15) is 0 Å². The third kappa shape index (κ3) is 3.01. The summed E-state index contributed by atoms with van der Waals surface area (Å²) in [4.78, 5) is 6.75. The Balaban J connectivity index is 1.93. The third-order valence-corrected chi connectivity index (χ3v) is 3.78. The highest BCUT2D eigenvalue weighted by molar-refractivity contribution is 5.94. The number of allylic oxidation sites excluding steroid dienone is 3. The van der Waals surface area contributed by atoms with E-state index in [4.69, 9.17) is 0 Å². The number of aryl methyl sites for hydroxylation is 1. The summed E-state index contributed by atoms with van der Waals surface area (Å²) >= 11 is 0. The van der Waals surface area contributed by atoms with Crippen LogP contribution in [0.5, 0.6) is 0 Å². The van der Waals surface area contributed by atoms with Crippen LogP contribution in [0.15, 0.2) is 71.9 Å². The molecule has 1 aliphatic rings. The molecule has 0 bridgehead atoms. The average Bonchev–Trinajstić information content (AvgIpc) is 2.56. The van der Waals surface area contributed by atoms with E-state index >= 15 is 0 Å². The van der Waals surface area contributed by atoms with Gasteiger partial charge in [0.05, 0.1) is 5.69 Å². The molecule has 2 aromatic rings. The highest BCUT2D eigenvalue weighted by atomic mass is 15.1. The second kappa shape index (κ2) is 6.44. The summed E-state index contributed by atoms with van der Waals surface area (Å²) in [5.74, 6) is 0. The molecule has 0 unspecified atom stereocenters. The molecule has 0 spiro atoms. The topological polar surface area (TPSA) is 15.6 Å². The zero-order valence-electron chi connectivity index (χ0n) is 13.0. The fourth-order valence-corrected chi connectivity index (χ4v) is 2.61. The van der Waals surface area contributed by atoms with Crippen molar-refractivity contribution in [2.24, 2.45) is 4.99 Å². The van der Waals surface area contributed by atoms with Gasteiger partial charge in [-0.3, -0.25) is 4.99 Å². The molecule has 0 saturated carbocycles. The van der Waals surface area contributed by atoms with Crippen molar-refractivity contribution >= 4 is 23.2 Å². The van der Waals surface area contributed by atoms with Crippen LogP contribution >= 0.6 is 0 Å². The van der Waals surface area contributed by atoms with Crippen LogP contribution in [0.2, 0.25) is 0 Å². The molecule has 2 heteroatoms. The molecule has 2 aromatic carbocycles. The molecule has 22 heavy (non-hydrogen) atoms. The highest BCUT2D eigenvalue weighted by Crippen LogP contribution is 2.33. The first-order valence-corrected chi connectivity index (χ1v) is 7.63. The molecule has 110 valence electrons.